The first-order valence-electron chi connectivity index (χ1n) is 7.16. The molecule has 1 saturated heterocycles. The molecule has 2 heterocycles. The van der Waals surface area contributed by atoms with Gasteiger partial charge < -0.3 is 14.6 Å². The Balaban J connectivity index is 2.26. The Kier molecular flexibility index (Phi) is 5.09. The molecule has 1 aliphatic rings. The minimum atomic E-state index is -4.03. The number of H-pyrrole nitrogens is 1. The lowest BCUT2D eigenvalue weighted by molar-refractivity contribution is -0.0873. The first kappa shape index (κ1) is 17.9. The molecule has 0 aromatic carbocycles. The van der Waals surface area contributed by atoms with Gasteiger partial charge in [0, 0.05) is 26.6 Å². The number of ether oxygens (including phenoxy) is 2. The fraction of sp³-hybridized carbons (Fsp3) is 0.692. The number of carboxylic acid groups (broad SMARTS) is 1. The molecule has 0 amide bonds. The molecule has 2 N–H and O–H groups in total. The zero-order valence-electron chi connectivity index (χ0n) is 13.3. The molecule has 0 radical (unpaired) electrons. The molecule has 130 valence electrons. The lowest BCUT2D eigenvalue weighted by Gasteiger charge is -2.33. The summed E-state index contributed by atoms with van der Waals surface area (Å²) in [6.07, 6.45) is 1.46. The maximum atomic E-state index is 12.6. The monoisotopic (exact) mass is 347 g/mol. The van der Waals surface area contributed by atoms with Gasteiger partial charge in [-0.25, -0.2) is 13.2 Å². The van der Waals surface area contributed by atoms with Gasteiger partial charge in [0.15, 0.2) is 5.03 Å². The van der Waals surface area contributed by atoms with Crippen molar-refractivity contribution in [2.45, 2.75) is 37.0 Å². The fourth-order valence-electron chi connectivity index (χ4n) is 2.61. The number of hydrogen-bond acceptors (Lipinski definition) is 6. The van der Waals surface area contributed by atoms with Crippen LogP contribution in [0.1, 0.15) is 30.6 Å². The number of aromatic carboxylic acids is 1. The van der Waals surface area contributed by atoms with Gasteiger partial charge in [-0.2, -0.15) is 9.40 Å². The highest BCUT2D eigenvalue weighted by Crippen LogP contribution is 2.28. The van der Waals surface area contributed by atoms with Crippen LogP contribution in [0.3, 0.4) is 0 Å². The lowest BCUT2D eigenvalue weighted by Crippen LogP contribution is -2.47. The molecule has 9 nitrogen and oxygen atoms in total. The number of rotatable bonds is 7. The standard InChI is InChI=1S/C13H21N3O6S/c1-9(2)22-13(4-5-21-8-13)7-16(3)23(19,20)11-10(12(17)18)6-14-15-11/h6,9H,4-5,7-8H2,1-3H3,(H,14,15)(H,17,18). The van der Waals surface area contributed by atoms with Crippen molar-refractivity contribution in [2.75, 3.05) is 26.8 Å². The van der Waals surface area contributed by atoms with Crippen LogP contribution < -0.4 is 0 Å². The van der Waals surface area contributed by atoms with E-state index >= 15 is 0 Å². The minimum Gasteiger partial charge on any atom is -0.478 e. The van der Waals surface area contributed by atoms with E-state index in [1.165, 1.54) is 7.05 Å². The second-order valence-electron chi connectivity index (χ2n) is 5.83. The Morgan fingerprint density at radius 1 is 1.61 bits per heavy atom. The first-order valence-corrected chi connectivity index (χ1v) is 8.60. The van der Waals surface area contributed by atoms with Crippen LogP contribution in [-0.2, 0) is 19.5 Å². The summed E-state index contributed by atoms with van der Waals surface area (Å²) in [7, 11) is -2.65. The van der Waals surface area contributed by atoms with Gasteiger partial charge in [0.1, 0.15) is 11.2 Å². The largest absolute Gasteiger partial charge is 0.478 e. The van der Waals surface area contributed by atoms with Gasteiger partial charge in [-0.1, -0.05) is 0 Å². The maximum absolute atomic E-state index is 12.6. The number of aromatic amines is 1. The molecule has 0 spiro atoms. The van der Waals surface area contributed by atoms with E-state index in [4.69, 9.17) is 14.6 Å². The molecule has 1 unspecified atom stereocenters. The summed E-state index contributed by atoms with van der Waals surface area (Å²) < 4.78 is 37.6. The highest BCUT2D eigenvalue weighted by molar-refractivity contribution is 7.89. The highest BCUT2D eigenvalue weighted by Gasteiger charge is 2.41. The maximum Gasteiger partial charge on any atom is 0.340 e. The van der Waals surface area contributed by atoms with E-state index in [2.05, 4.69) is 10.2 Å². The molecule has 1 atom stereocenters. The van der Waals surface area contributed by atoms with E-state index in [0.29, 0.717) is 19.6 Å². The van der Waals surface area contributed by atoms with Gasteiger partial charge in [0.2, 0.25) is 0 Å². The van der Waals surface area contributed by atoms with Crippen molar-refractivity contribution >= 4 is 16.0 Å². The van der Waals surface area contributed by atoms with Crippen molar-refractivity contribution in [1.29, 1.82) is 0 Å². The molecule has 0 aliphatic carbocycles. The van der Waals surface area contributed by atoms with E-state index in [-0.39, 0.29) is 12.6 Å². The summed E-state index contributed by atoms with van der Waals surface area (Å²) in [6, 6.07) is 0. The van der Waals surface area contributed by atoms with Crippen LogP contribution in [0.5, 0.6) is 0 Å². The highest BCUT2D eigenvalue weighted by atomic mass is 32.2. The van der Waals surface area contributed by atoms with Crippen LogP contribution in [0.15, 0.2) is 11.2 Å². The summed E-state index contributed by atoms with van der Waals surface area (Å²) >= 11 is 0. The average Bonchev–Trinajstić information content (AvgIpc) is 3.06. The second kappa shape index (κ2) is 6.56. The van der Waals surface area contributed by atoms with E-state index in [1.807, 2.05) is 13.8 Å². The van der Waals surface area contributed by atoms with Crippen molar-refractivity contribution in [3.8, 4) is 0 Å². The number of sulfonamides is 1. The number of carboxylic acids is 1. The van der Waals surface area contributed by atoms with Gasteiger partial charge >= 0.3 is 5.97 Å². The SMILES string of the molecule is CC(C)OC1(CN(C)S(=O)(=O)c2[nH]ncc2C(=O)O)CCOC1. The summed E-state index contributed by atoms with van der Waals surface area (Å²) in [5, 5.41) is 14.4. The van der Waals surface area contributed by atoms with Gasteiger partial charge in [0.05, 0.1) is 18.9 Å². The molecule has 2 rings (SSSR count). The smallest absolute Gasteiger partial charge is 0.340 e. The Labute approximate surface area is 134 Å². The van der Waals surface area contributed by atoms with Gasteiger partial charge in [0.25, 0.3) is 10.0 Å². The van der Waals surface area contributed by atoms with Crippen LogP contribution in [0.25, 0.3) is 0 Å². The quantitative estimate of drug-likeness (QED) is 0.728. The fourth-order valence-corrected chi connectivity index (χ4v) is 3.92. The van der Waals surface area contributed by atoms with Gasteiger partial charge in [-0.15, -0.1) is 0 Å². The van der Waals surface area contributed by atoms with Crippen molar-refractivity contribution in [2.24, 2.45) is 0 Å². The average molecular weight is 347 g/mol. The molecule has 23 heavy (non-hydrogen) atoms. The van der Waals surface area contributed by atoms with Crippen molar-refractivity contribution in [3.05, 3.63) is 11.8 Å². The van der Waals surface area contributed by atoms with Gasteiger partial charge in [-0.3, -0.25) is 5.10 Å². The van der Waals surface area contributed by atoms with Crippen LogP contribution in [0.2, 0.25) is 0 Å². The lowest BCUT2D eigenvalue weighted by atomic mass is 10.0. The van der Waals surface area contributed by atoms with E-state index in [1.54, 1.807) is 0 Å². The number of hydrogen-bond donors (Lipinski definition) is 2. The molecule has 1 aliphatic heterocycles. The van der Waals surface area contributed by atoms with E-state index < -0.39 is 32.2 Å². The van der Waals surface area contributed by atoms with Crippen LogP contribution >= 0.6 is 0 Å². The van der Waals surface area contributed by atoms with Crippen LogP contribution in [0, 0.1) is 0 Å². The first-order chi connectivity index (χ1) is 10.7. The second-order valence-corrected chi connectivity index (χ2v) is 7.81. The summed E-state index contributed by atoms with van der Waals surface area (Å²) in [5.74, 6) is -1.36. The molecule has 10 heteroatoms. The summed E-state index contributed by atoms with van der Waals surface area (Å²) in [4.78, 5) is 11.1. The minimum absolute atomic E-state index is 0.0611. The third-order valence-corrected chi connectivity index (χ3v) is 5.34. The Hall–Kier alpha value is -1.49. The molecular formula is C13H21N3O6S. The number of likely N-dealkylation sites (N-methyl/N-ethyl adjacent to an activating group) is 1. The van der Waals surface area contributed by atoms with Crippen molar-refractivity contribution in [1.82, 2.24) is 14.5 Å². The normalized spacial score (nSPS) is 22.1. The number of aromatic nitrogens is 2. The number of nitrogens with one attached hydrogen (secondary N) is 1. The third-order valence-electron chi connectivity index (χ3n) is 3.57. The molecular weight excluding hydrogens is 326 g/mol. The molecule has 1 aromatic rings. The molecule has 1 fully saturated rings. The predicted molar refractivity (Wildman–Crippen MR) is 79.8 cm³/mol. The Morgan fingerprint density at radius 2 is 2.30 bits per heavy atom. The summed E-state index contributed by atoms with van der Waals surface area (Å²) in [6.45, 7) is 4.58. The van der Waals surface area contributed by atoms with Gasteiger partial charge in [-0.05, 0) is 13.8 Å². The molecule has 0 saturated carbocycles. The Morgan fingerprint density at radius 3 is 2.83 bits per heavy atom. The summed E-state index contributed by atoms with van der Waals surface area (Å²) in [5.41, 5.74) is -1.13. The number of nitrogens with zero attached hydrogens (tertiary/aromatic N) is 2. The van der Waals surface area contributed by atoms with Crippen molar-refractivity contribution in [3.63, 3.8) is 0 Å². The zero-order chi connectivity index (χ0) is 17.3. The predicted octanol–water partition coefficient (Wildman–Crippen LogP) is 0.313. The van der Waals surface area contributed by atoms with E-state index in [9.17, 15) is 13.2 Å². The number of carbonyl (C=O) groups is 1. The molecule has 1 aromatic heterocycles. The van der Waals surface area contributed by atoms with Crippen molar-refractivity contribution < 1.29 is 27.8 Å². The molecule has 0 bridgehead atoms. The third kappa shape index (κ3) is 3.71. The topological polar surface area (TPSA) is 122 Å². The van der Waals surface area contributed by atoms with Crippen LogP contribution in [-0.4, -0.2) is 72.5 Å². The Bertz CT molecular complexity index is 663. The zero-order valence-corrected chi connectivity index (χ0v) is 14.1. The van der Waals surface area contributed by atoms with E-state index in [0.717, 1.165) is 10.5 Å². The van der Waals surface area contributed by atoms with Crippen LogP contribution in [0.4, 0.5) is 0 Å².